The van der Waals surface area contributed by atoms with Crippen LogP contribution in [-0.2, 0) is 15.1 Å². The molecular formula is C25H27N3O5. The topological polar surface area (TPSA) is 88.2 Å². The number of ether oxygens (including phenoxy) is 2. The summed E-state index contributed by atoms with van der Waals surface area (Å²) in [6, 6.07) is 14.2. The van der Waals surface area contributed by atoms with Gasteiger partial charge in [-0.1, -0.05) is 36.4 Å². The third-order valence-electron chi connectivity index (χ3n) is 6.65. The Hall–Kier alpha value is -3.55. The van der Waals surface area contributed by atoms with Crippen LogP contribution in [0.4, 0.5) is 4.79 Å². The molecule has 0 aromatic heterocycles. The number of hydrogen-bond donors (Lipinski definition) is 1. The molecule has 2 aromatic rings. The van der Waals surface area contributed by atoms with Gasteiger partial charge in [-0.15, -0.1) is 0 Å². The Morgan fingerprint density at radius 2 is 1.82 bits per heavy atom. The zero-order valence-electron chi connectivity index (χ0n) is 18.6. The van der Waals surface area contributed by atoms with Gasteiger partial charge in [-0.25, -0.2) is 4.79 Å². The Morgan fingerprint density at radius 3 is 2.61 bits per heavy atom. The highest BCUT2D eigenvalue weighted by molar-refractivity contribution is 6.09. The number of hydrogen-bond acceptors (Lipinski definition) is 5. The third-order valence-corrected chi connectivity index (χ3v) is 6.65. The molecule has 2 fully saturated rings. The number of urea groups is 1. The molecule has 3 aliphatic heterocycles. The molecule has 8 heteroatoms. The number of imide groups is 1. The predicted molar refractivity (Wildman–Crippen MR) is 120 cm³/mol. The quantitative estimate of drug-likeness (QED) is 0.725. The van der Waals surface area contributed by atoms with E-state index in [9.17, 15) is 14.4 Å². The lowest BCUT2D eigenvalue weighted by atomic mass is 9.92. The summed E-state index contributed by atoms with van der Waals surface area (Å²) in [6.45, 7) is 3.18. The van der Waals surface area contributed by atoms with Gasteiger partial charge in [0.25, 0.3) is 5.91 Å². The van der Waals surface area contributed by atoms with E-state index in [1.165, 1.54) is 0 Å². The second-order valence-electron chi connectivity index (χ2n) is 8.81. The van der Waals surface area contributed by atoms with E-state index in [1.807, 2.05) is 36.4 Å². The van der Waals surface area contributed by atoms with E-state index in [0.717, 1.165) is 29.7 Å². The number of nitrogens with one attached hydrogen (secondary N) is 1. The fourth-order valence-electron chi connectivity index (χ4n) is 4.83. The maximum atomic E-state index is 13.3. The molecule has 0 bridgehead atoms. The Morgan fingerprint density at radius 1 is 1.06 bits per heavy atom. The lowest BCUT2D eigenvalue weighted by molar-refractivity contribution is -0.139. The number of likely N-dealkylation sites (tertiary alicyclic amines) is 1. The van der Waals surface area contributed by atoms with E-state index >= 15 is 0 Å². The molecule has 5 rings (SSSR count). The van der Waals surface area contributed by atoms with Gasteiger partial charge in [0.15, 0.2) is 11.5 Å². The fourth-order valence-corrected chi connectivity index (χ4v) is 4.83. The number of carbonyl (C=O) groups excluding carboxylic acids is 3. The molecule has 0 radical (unpaired) electrons. The predicted octanol–water partition coefficient (Wildman–Crippen LogP) is 2.98. The molecule has 33 heavy (non-hydrogen) atoms. The van der Waals surface area contributed by atoms with Crippen LogP contribution in [0.25, 0.3) is 0 Å². The van der Waals surface area contributed by atoms with Crippen LogP contribution in [0, 0.1) is 0 Å². The number of nitrogens with zero attached hydrogens (tertiary/aromatic N) is 2. The average Bonchev–Trinajstić information content (AvgIpc) is 3.30. The summed E-state index contributed by atoms with van der Waals surface area (Å²) in [7, 11) is 0. The molecule has 0 saturated carbocycles. The molecule has 2 aromatic carbocycles. The second-order valence-corrected chi connectivity index (χ2v) is 8.81. The normalized spacial score (nSPS) is 24.6. The first-order valence-corrected chi connectivity index (χ1v) is 11.4. The minimum atomic E-state index is -1.18. The molecule has 1 N–H and O–H groups in total. The summed E-state index contributed by atoms with van der Waals surface area (Å²) >= 11 is 0. The van der Waals surface area contributed by atoms with E-state index in [1.54, 1.807) is 24.0 Å². The van der Waals surface area contributed by atoms with Crippen LogP contribution < -0.4 is 14.8 Å². The number of carbonyl (C=O) groups is 3. The van der Waals surface area contributed by atoms with Gasteiger partial charge in [0, 0.05) is 13.0 Å². The van der Waals surface area contributed by atoms with Crippen LogP contribution in [0.5, 0.6) is 11.5 Å². The summed E-state index contributed by atoms with van der Waals surface area (Å²) in [6.07, 6.45) is 2.49. The van der Waals surface area contributed by atoms with Gasteiger partial charge in [0.2, 0.25) is 5.91 Å². The molecule has 0 aliphatic carbocycles. The monoisotopic (exact) mass is 449 g/mol. The van der Waals surface area contributed by atoms with E-state index < -0.39 is 17.5 Å². The first kappa shape index (κ1) is 21.3. The number of rotatable bonds is 4. The van der Waals surface area contributed by atoms with Crippen molar-refractivity contribution in [3.63, 3.8) is 0 Å². The van der Waals surface area contributed by atoms with Crippen LogP contribution in [0.1, 0.15) is 43.4 Å². The molecule has 2 saturated heterocycles. The van der Waals surface area contributed by atoms with E-state index in [4.69, 9.17) is 9.47 Å². The first-order chi connectivity index (χ1) is 16.0. The van der Waals surface area contributed by atoms with E-state index in [0.29, 0.717) is 36.8 Å². The van der Waals surface area contributed by atoms with Crippen molar-refractivity contribution in [2.24, 2.45) is 0 Å². The van der Waals surface area contributed by atoms with Crippen molar-refractivity contribution in [1.29, 1.82) is 0 Å². The first-order valence-electron chi connectivity index (χ1n) is 11.4. The van der Waals surface area contributed by atoms with Crippen molar-refractivity contribution < 1.29 is 23.9 Å². The number of amides is 4. The van der Waals surface area contributed by atoms with Crippen molar-refractivity contribution in [3.8, 4) is 11.5 Å². The lowest BCUT2D eigenvalue weighted by Crippen LogP contribution is -2.44. The summed E-state index contributed by atoms with van der Waals surface area (Å²) in [5.74, 6) is 0.743. The summed E-state index contributed by atoms with van der Waals surface area (Å²) in [5, 5.41) is 2.76. The molecule has 2 atom stereocenters. The molecule has 3 aliphatic rings. The lowest BCUT2D eigenvalue weighted by Gasteiger charge is -2.27. The van der Waals surface area contributed by atoms with Crippen molar-refractivity contribution in [2.45, 2.75) is 37.8 Å². The van der Waals surface area contributed by atoms with Crippen LogP contribution in [0.15, 0.2) is 48.5 Å². The SMILES string of the molecule is C[C@@]1(c2ccccc2)NC(=O)N(CC(=O)N2CCC[C@H]2c2ccc3c(c2)OCCCO3)C1=O. The Bertz CT molecular complexity index is 1090. The minimum Gasteiger partial charge on any atom is -0.490 e. The largest absolute Gasteiger partial charge is 0.490 e. The maximum absolute atomic E-state index is 13.3. The molecule has 0 unspecified atom stereocenters. The second kappa shape index (κ2) is 8.42. The molecule has 4 amide bonds. The fraction of sp³-hybridized carbons (Fsp3) is 0.400. The zero-order valence-corrected chi connectivity index (χ0v) is 18.6. The van der Waals surface area contributed by atoms with Gasteiger partial charge in [-0.05, 0) is 43.0 Å². The highest BCUT2D eigenvalue weighted by Crippen LogP contribution is 2.38. The van der Waals surface area contributed by atoms with Crippen LogP contribution in [0.3, 0.4) is 0 Å². The van der Waals surface area contributed by atoms with Crippen molar-refractivity contribution in [3.05, 3.63) is 59.7 Å². The van der Waals surface area contributed by atoms with Gasteiger partial charge >= 0.3 is 6.03 Å². The maximum Gasteiger partial charge on any atom is 0.325 e. The third kappa shape index (κ3) is 3.79. The highest BCUT2D eigenvalue weighted by atomic mass is 16.5. The Balaban J connectivity index is 1.33. The molecular weight excluding hydrogens is 422 g/mol. The van der Waals surface area contributed by atoms with Gasteiger partial charge in [-0.3, -0.25) is 14.5 Å². The summed E-state index contributed by atoms with van der Waals surface area (Å²) in [4.78, 5) is 41.9. The van der Waals surface area contributed by atoms with Gasteiger partial charge in [-0.2, -0.15) is 0 Å². The number of benzene rings is 2. The number of fused-ring (bicyclic) bond motifs is 1. The van der Waals surface area contributed by atoms with Gasteiger partial charge in [0.05, 0.1) is 19.3 Å². The van der Waals surface area contributed by atoms with Crippen LogP contribution >= 0.6 is 0 Å². The zero-order chi connectivity index (χ0) is 23.0. The Kier molecular flexibility index (Phi) is 5.44. The van der Waals surface area contributed by atoms with Gasteiger partial charge in [0.1, 0.15) is 12.1 Å². The van der Waals surface area contributed by atoms with Crippen molar-refractivity contribution in [2.75, 3.05) is 26.3 Å². The Labute approximate surface area is 192 Å². The van der Waals surface area contributed by atoms with E-state index in [2.05, 4.69) is 5.32 Å². The molecule has 172 valence electrons. The minimum absolute atomic E-state index is 0.129. The van der Waals surface area contributed by atoms with Crippen molar-refractivity contribution >= 4 is 17.8 Å². The van der Waals surface area contributed by atoms with Crippen LogP contribution in [-0.4, -0.2) is 53.9 Å². The highest BCUT2D eigenvalue weighted by Gasteiger charge is 2.50. The smallest absolute Gasteiger partial charge is 0.325 e. The standard InChI is InChI=1S/C25H27N3O5/c1-25(18-7-3-2-4-8-18)23(30)28(24(31)26-25)16-22(29)27-12-5-9-19(27)17-10-11-20-21(15-17)33-14-6-13-32-20/h2-4,7-8,10-11,15,19H,5-6,9,12-14,16H2,1H3,(H,26,31)/t19-,25-/m0/s1. The molecule has 8 nitrogen and oxygen atoms in total. The van der Waals surface area contributed by atoms with E-state index in [-0.39, 0.29) is 18.5 Å². The van der Waals surface area contributed by atoms with Crippen LogP contribution in [0.2, 0.25) is 0 Å². The summed E-state index contributed by atoms with van der Waals surface area (Å²) in [5.41, 5.74) is 0.471. The van der Waals surface area contributed by atoms with Crippen molar-refractivity contribution in [1.82, 2.24) is 15.1 Å². The average molecular weight is 450 g/mol. The molecule has 3 heterocycles. The van der Waals surface area contributed by atoms with Gasteiger partial charge < -0.3 is 19.7 Å². The molecule has 0 spiro atoms. The summed E-state index contributed by atoms with van der Waals surface area (Å²) < 4.78 is 11.5.